The first-order valence-corrected chi connectivity index (χ1v) is 12.1. The van der Waals surface area contributed by atoms with Crippen LogP contribution in [0.2, 0.25) is 0 Å². The van der Waals surface area contributed by atoms with Crippen molar-refractivity contribution in [1.82, 2.24) is 4.98 Å². The van der Waals surface area contributed by atoms with Crippen molar-refractivity contribution < 1.29 is 17.0 Å². The van der Waals surface area contributed by atoms with Gasteiger partial charge in [-0.25, -0.2) is 17.6 Å². The highest BCUT2D eigenvalue weighted by Gasteiger charge is 2.53. The number of hydrogen-bond acceptors (Lipinski definition) is 5. The van der Waals surface area contributed by atoms with Gasteiger partial charge in [-0.1, -0.05) is 6.92 Å². The molecule has 0 spiro atoms. The van der Waals surface area contributed by atoms with Crippen molar-refractivity contribution in [3.8, 4) is 6.07 Å². The molecule has 1 unspecified atom stereocenters. The summed E-state index contributed by atoms with van der Waals surface area (Å²) in [6.07, 6.45) is 2.52. The van der Waals surface area contributed by atoms with Crippen LogP contribution in [-0.2, 0) is 26.2 Å². The number of hydrogen-bond donors (Lipinski definition) is 1. The summed E-state index contributed by atoms with van der Waals surface area (Å²) in [5, 5.41) is 15.1. The summed E-state index contributed by atoms with van der Waals surface area (Å²) in [6, 6.07) is 3.43. The lowest BCUT2D eigenvalue weighted by molar-refractivity contribution is 0.373. The van der Waals surface area contributed by atoms with Crippen molar-refractivity contribution in [2.24, 2.45) is 5.14 Å². The number of nitrogens with zero attached hydrogens (tertiary/aromatic N) is 2. The molecule has 6 nitrogen and oxygen atoms in total. The first-order chi connectivity index (χ1) is 12.3. The van der Waals surface area contributed by atoms with Crippen LogP contribution in [0.4, 0.5) is 4.39 Å². The maximum atomic E-state index is 14.6. The van der Waals surface area contributed by atoms with E-state index < -0.39 is 47.4 Å². The number of nitriles is 1. The van der Waals surface area contributed by atoms with Gasteiger partial charge in [0.2, 0.25) is 5.95 Å². The zero-order chi connectivity index (χ0) is 20.7. The fourth-order valence-corrected chi connectivity index (χ4v) is 6.84. The van der Waals surface area contributed by atoms with Crippen LogP contribution in [0.5, 0.6) is 0 Å². The Hall–Kier alpha value is -0.890. The third-order valence-electron chi connectivity index (χ3n) is 5.29. The SMILES string of the molecule is CC(C)(C[C@@](C)(CS(=O)(=O)C1(C#N)CCC1)c1cc(Br)cnc1F)S(N)=O. The second kappa shape index (κ2) is 7.50. The first-order valence-electron chi connectivity index (χ1n) is 8.40. The normalized spacial score (nSPS) is 20.2. The van der Waals surface area contributed by atoms with Crippen molar-refractivity contribution in [2.45, 2.75) is 61.4 Å². The van der Waals surface area contributed by atoms with Crippen molar-refractivity contribution in [1.29, 1.82) is 5.26 Å². The third-order valence-corrected chi connectivity index (χ3v) is 9.66. The van der Waals surface area contributed by atoms with Crippen LogP contribution in [0, 0.1) is 17.3 Å². The lowest BCUT2D eigenvalue weighted by Crippen LogP contribution is -2.51. The molecule has 1 aliphatic rings. The third kappa shape index (κ3) is 4.26. The van der Waals surface area contributed by atoms with E-state index >= 15 is 0 Å². The Morgan fingerprint density at radius 1 is 1.44 bits per heavy atom. The monoisotopic (exact) mass is 479 g/mol. The van der Waals surface area contributed by atoms with E-state index in [0.29, 0.717) is 10.9 Å². The van der Waals surface area contributed by atoms with E-state index in [0.717, 1.165) is 0 Å². The number of rotatable bonds is 7. The number of sulfone groups is 1. The first kappa shape index (κ1) is 22.4. The molecule has 1 aromatic heterocycles. The molecule has 1 heterocycles. The van der Waals surface area contributed by atoms with Crippen LogP contribution in [0.1, 0.15) is 52.0 Å². The molecule has 0 saturated heterocycles. The van der Waals surface area contributed by atoms with Gasteiger partial charge in [-0.2, -0.15) is 9.65 Å². The molecule has 0 bridgehead atoms. The Kier molecular flexibility index (Phi) is 6.22. The van der Waals surface area contributed by atoms with Gasteiger partial charge in [0, 0.05) is 21.6 Å². The van der Waals surface area contributed by atoms with Gasteiger partial charge in [-0.15, -0.1) is 0 Å². The molecule has 1 aromatic rings. The van der Waals surface area contributed by atoms with Crippen molar-refractivity contribution in [3.63, 3.8) is 0 Å². The molecule has 0 radical (unpaired) electrons. The quantitative estimate of drug-likeness (QED) is 0.603. The van der Waals surface area contributed by atoms with Gasteiger partial charge < -0.3 is 0 Å². The second-order valence-corrected chi connectivity index (χ2v) is 12.9. The average Bonchev–Trinajstić information content (AvgIpc) is 2.47. The van der Waals surface area contributed by atoms with Crippen LogP contribution >= 0.6 is 15.9 Å². The van der Waals surface area contributed by atoms with Gasteiger partial charge in [0.25, 0.3) is 0 Å². The average molecular weight is 480 g/mol. The molecule has 27 heavy (non-hydrogen) atoms. The summed E-state index contributed by atoms with van der Waals surface area (Å²) >= 11 is 3.24. The van der Waals surface area contributed by atoms with Gasteiger partial charge in [-0.3, -0.25) is 5.14 Å². The minimum absolute atomic E-state index is 0.0406. The molecule has 150 valence electrons. The zero-order valence-corrected chi connectivity index (χ0v) is 18.7. The standard InChI is InChI=1S/C17H23BrFN3O3S2/c1-15(2,26(21)23)9-16(3,13-7-12(18)8-22-14(13)19)11-27(24,25)17(10-20)5-4-6-17/h7-8H,4-6,9,11,21H2,1-3H3/t16-,26?/m0/s1. The van der Waals surface area contributed by atoms with E-state index in [1.165, 1.54) is 12.3 Å². The Labute approximate surface area is 170 Å². The molecular formula is C17H23BrFN3O3S2. The van der Waals surface area contributed by atoms with E-state index in [4.69, 9.17) is 5.14 Å². The molecule has 10 heteroatoms. The topological polar surface area (TPSA) is 114 Å². The van der Waals surface area contributed by atoms with Gasteiger partial charge in [0.1, 0.15) is 0 Å². The van der Waals surface area contributed by atoms with Gasteiger partial charge in [-0.05, 0) is 61.5 Å². The number of pyridine rings is 1. The van der Waals surface area contributed by atoms with E-state index in [1.54, 1.807) is 20.8 Å². The number of aromatic nitrogens is 1. The van der Waals surface area contributed by atoms with Crippen LogP contribution in [0.25, 0.3) is 0 Å². The van der Waals surface area contributed by atoms with Gasteiger partial charge in [0.05, 0.1) is 27.6 Å². The van der Waals surface area contributed by atoms with Gasteiger partial charge in [0.15, 0.2) is 14.6 Å². The predicted molar refractivity (Wildman–Crippen MR) is 106 cm³/mol. The maximum absolute atomic E-state index is 14.6. The largest absolute Gasteiger partial charge is 0.251 e. The summed E-state index contributed by atoms with van der Waals surface area (Å²) in [5.74, 6) is -1.25. The Balaban J connectivity index is 2.59. The molecule has 2 rings (SSSR count). The zero-order valence-electron chi connectivity index (χ0n) is 15.5. The highest BCUT2D eigenvalue weighted by atomic mass is 79.9. The van der Waals surface area contributed by atoms with Crippen molar-refractivity contribution in [3.05, 3.63) is 28.2 Å². The lowest BCUT2D eigenvalue weighted by Gasteiger charge is -2.41. The molecule has 2 atom stereocenters. The van der Waals surface area contributed by atoms with Crippen molar-refractivity contribution >= 4 is 36.8 Å². The number of nitrogens with two attached hydrogens (primary N) is 1. The molecule has 1 saturated carbocycles. The Morgan fingerprint density at radius 2 is 2.04 bits per heavy atom. The highest BCUT2D eigenvalue weighted by molar-refractivity contribution is 9.10. The highest BCUT2D eigenvalue weighted by Crippen LogP contribution is 2.44. The Morgan fingerprint density at radius 3 is 2.48 bits per heavy atom. The molecular weight excluding hydrogens is 457 g/mol. The molecule has 1 aliphatic carbocycles. The summed E-state index contributed by atoms with van der Waals surface area (Å²) in [7, 11) is -5.64. The van der Waals surface area contributed by atoms with Gasteiger partial charge >= 0.3 is 0 Å². The molecule has 1 fully saturated rings. The summed E-state index contributed by atoms with van der Waals surface area (Å²) in [4.78, 5) is 3.69. The molecule has 0 aromatic carbocycles. The fraction of sp³-hybridized carbons (Fsp3) is 0.647. The van der Waals surface area contributed by atoms with E-state index in [-0.39, 0.29) is 24.8 Å². The van der Waals surface area contributed by atoms with Crippen LogP contribution in [0.3, 0.4) is 0 Å². The summed E-state index contributed by atoms with van der Waals surface area (Å²) < 4.78 is 50.9. The smallest absolute Gasteiger partial charge is 0.216 e. The predicted octanol–water partition coefficient (Wildman–Crippen LogP) is 2.89. The van der Waals surface area contributed by atoms with E-state index in [2.05, 4.69) is 20.9 Å². The van der Waals surface area contributed by atoms with E-state index in [9.17, 15) is 22.3 Å². The Bertz CT molecular complexity index is 910. The number of halogens is 2. The second-order valence-electron chi connectivity index (χ2n) is 8.01. The van der Waals surface area contributed by atoms with Crippen LogP contribution in [-0.4, -0.2) is 32.9 Å². The minimum Gasteiger partial charge on any atom is -0.251 e. The van der Waals surface area contributed by atoms with Crippen LogP contribution < -0.4 is 5.14 Å². The summed E-state index contributed by atoms with van der Waals surface area (Å²) in [6.45, 7) is 4.87. The molecule has 0 amide bonds. The lowest BCUT2D eigenvalue weighted by atomic mass is 9.77. The fourth-order valence-electron chi connectivity index (χ4n) is 3.63. The van der Waals surface area contributed by atoms with E-state index in [1.807, 2.05) is 6.07 Å². The molecule has 0 aliphatic heterocycles. The van der Waals surface area contributed by atoms with Crippen molar-refractivity contribution in [2.75, 3.05) is 5.75 Å². The minimum atomic E-state index is -3.88. The summed E-state index contributed by atoms with van der Waals surface area (Å²) in [5.41, 5.74) is -1.18. The molecule has 2 N–H and O–H groups in total. The van der Waals surface area contributed by atoms with Crippen LogP contribution in [0.15, 0.2) is 16.7 Å². The maximum Gasteiger partial charge on any atom is 0.216 e.